The lowest BCUT2D eigenvalue weighted by molar-refractivity contribution is 0.0945. The van der Waals surface area contributed by atoms with Gasteiger partial charge < -0.3 is 14.8 Å². The lowest BCUT2D eigenvalue weighted by Crippen LogP contribution is -2.26. The first-order chi connectivity index (χ1) is 14.2. The van der Waals surface area contributed by atoms with Crippen LogP contribution in [0.2, 0.25) is 0 Å². The van der Waals surface area contributed by atoms with Gasteiger partial charge in [0, 0.05) is 18.2 Å². The molecule has 6 heteroatoms. The zero-order chi connectivity index (χ0) is 20.6. The molecule has 1 heterocycles. The van der Waals surface area contributed by atoms with E-state index < -0.39 is 0 Å². The molecule has 0 saturated carbocycles. The number of carbonyl (C=O) groups excluding carboxylic acids is 1. The first-order valence-electron chi connectivity index (χ1n) is 9.84. The van der Waals surface area contributed by atoms with Gasteiger partial charge in [0.15, 0.2) is 0 Å². The largest absolute Gasteiger partial charge is 0.497 e. The normalized spacial score (nSPS) is 10.6. The van der Waals surface area contributed by atoms with Gasteiger partial charge in [0.2, 0.25) is 0 Å². The number of para-hydroxylation sites is 1. The number of hydrogen-bond acceptors (Lipinski definition) is 4. The Balaban J connectivity index is 2.00. The van der Waals surface area contributed by atoms with Crippen molar-refractivity contribution in [2.24, 2.45) is 0 Å². The van der Waals surface area contributed by atoms with E-state index in [1.807, 2.05) is 42.5 Å². The molecule has 0 bridgehead atoms. The highest BCUT2D eigenvalue weighted by Gasteiger charge is 2.19. The molecule has 0 radical (unpaired) electrons. The summed E-state index contributed by atoms with van der Waals surface area (Å²) in [5, 5.41) is 7.72. The second-order valence-corrected chi connectivity index (χ2v) is 6.69. The van der Waals surface area contributed by atoms with Gasteiger partial charge in [-0.1, -0.05) is 38.0 Å². The van der Waals surface area contributed by atoms with Gasteiger partial charge >= 0.3 is 0 Å². The van der Waals surface area contributed by atoms with Gasteiger partial charge in [-0.25, -0.2) is 4.68 Å². The number of unbranched alkanes of at least 4 members (excludes halogenated alkanes) is 2. The van der Waals surface area contributed by atoms with E-state index in [-0.39, 0.29) is 5.91 Å². The number of nitrogens with one attached hydrogen (secondary N) is 1. The van der Waals surface area contributed by atoms with Crippen LogP contribution >= 0.6 is 0 Å². The van der Waals surface area contributed by atoms with Crippen molar-refractivity contribution in [3.05, 3.63) is 60.3 Å². The monoisotopic (exact) mass is 393 g/mol. The Hall–Kier alpha value is -3.28. The molecule has 0 aliphatic heterocycles. The fourth-order valence-electron chi connectivity index (χ4n) is 3.12. The molecule has 3 rings (SSSR count). The summed E-state index contributed by atoms with van der Waals surface area (Å²) in [4.78, 5) is 12.9. The second kappa shape index (κ2) is 9.78. The maximum absolute atomic E-state index is 12.9. The van der Waals surface area contributed by atoms with Crippen molar-refractivity contribution in [3.63, 3.8) is 0 Å². The summed E-state index contributed by atoms with van der Waals surface area (Å²) < 4.78 is 12.5. The first kappa shape index (κ1) is 20.5. The number of carbonyl (C=O) groups is 1. The summed E-state index contributed by atoms with van der Waals surface area (Å²) in [6.45, 7) is 2.79. The Morgan fingerprint density at radius 3 is 2.52 bits per heavy atom. The number of hydrogen-bond donors (Lipinski definition) is 1. The quantitative estimate of drug-likeness (QED) is 0.545. The van der Waals surface area contributed by atoms with Crippen LogP contribution < -0.4 is 14.8 Å². The van der Waals surface area contributed by atoms with Crippen molar-refractivity contribution in [1.29, 1.82) is 0 Å². The Bertz CT molecular complexity index is 951. The number of methoxy groups -OCH3 is 2. The average molecular weight is 393 g/mol. The predicted molar refractivity (Wildman–Crippen MR) is 114 cm³/mol. The maximum Gasteiger partial charge on any atom is 0.270 e. The zero-order valence-electron chi connectivity index (χ0n) is 17.1. The van der Waals surface area contributed by atoms with Gasteiger partial charge in [-0.2, -0.15) is 5.10 Å². The third-order valence-corrected chi connectivity index (χ3v) is 4.69. The van der Waals surface area contributed by atoms with Crippen LogP contribution in [0.3, 0.4) is 0 Å². The van der Waals surface area contributed by atoms with Gasteiger partial charge in [-0.15, -0.1) is 0 Å². The molecule has 0 unspecified atom stereocenters. The van der Waals surface area contributed by atoms with E-state index in [4.69, 9.17) is 14.6 Å². The van der Waals surface area contributed by atoms with Crippen molar-refractivity contribution in [2.45, 2.75) is 26.2 Å². The summed E-state index contributed by atoms with van der Waals surface area (Å²) in [7, 11) is 3.22. The van der Waals surface area contributed by atoms with Crippen molar-refractivity contribution in [1.82, 2.24) is 15.1 Å². The van der Waals surface area contributed by atoms with Crippen LogP contribution in [0, 0.1) is 0 Å². The highest BCUT2D eigenvalue weighted by atomic mass is 16.5. The van der Waals surface area contributed by atoms with E-state index in [0.29, 0.717) is 29.4 Å². The molecule has 0 aliphatic rings. The zero-order valence-corrected chi connectivity index (χ0v) is 17.1. The minimum absolute atomic E-state index is 0.142. The predicted octanol–water partition coefficient (Wildman–Crippen LogP) is 4.48. The molecule has 1 aromatic heterocycles. The minimum Gasteiger partial charge on any atom is -0.497 e. The number of amides is 1. The summed E-state index contributed by atoms with van der Waals surface area (Å²) in [6.07, 6.45) is 3.16. The Morgan fingerprint density at radius 1 is 1.03 bits per heavy atom. The summed E-state index contributed by atoms with van der Waals surface area (Å²) in [5.74, 6) is 1.19. The van der Waals surface area contributed by atoms with Crippen LogP contribution in [0.4, 0.5) is 0 Å². The number of nitrogens with zero attached hydrogens (tertiary/aromatic N) is 2. The van der Waals surface area contributed by atoms with Crippen molar-refractivity contribution in [2.75, 3.05) is 20.8 Å². The fourth-order valence-corrected chi connectivity index (χ4v) is 3.12. The van der Waals surface area contributed by atoms with Crippen LogP contribution in [-0.4, -0.2) is 36.5 Å². The first-order valence-corrected chi connectivity index (χ1v) is 9.84. The summed E-state index contributed by atoms with van der Waals surface area (Å²) in [5.41, 5.74) is 2.76. The van der Waals surface area contributed by atoms with Gasteiger partial charge in [-0.3, -0.25) is 4.79 Å². The van der Waals surface area contributed by atoms with E-state index in [0.717, 1.165) is 30.5 Å². The highest BCUT2D eigenvalue weighted by Crippen LogP contribution is 2.33. The molecule has 0 spiro atoms. The third-order valence-electron chi connectivity index (χ3n) is 4.69. The number of benzene rings is 2. The molecule has 0 fully saturated rings. The fraction of sp³-hybridized carbons (Fsp3) is 0.304. The molecule has 0 aliphatic carbocycles. The van der Waals surface area contributed by atoms with Crippen molar-refractivity contribution >= 4 is 5.91 Å². The van der Waals surface area contributed by atoms with Crippen LogP contribution in [0.1, 0.15) is 36.7 Å². The lowest BCUT2D eigenvalue weighted by Gasteiger charge is -2.09. The molecule has 2 aromatic carbocycles. The Kier molecular flexibility index (Phi) is 6.89. The standard InChI is InChI=1S/C23H27N3O3/c1-4-5-9-14-24-23(27)21-16-20(25-26(21)17-10-7-6-8-11-17)19-13-12-18(28-2)15-22(19)29-3/h6-8,10-13,15-16H,4-5,9,14H2,1-3H3,(H,24,27). The molecule has 152 valence electrons. The number of aromatic nitrogens is 2. The smallest absolute Gasteiger partial charge is 0.270 e. The molecule has 29 heavy (non-hydrogen) atoms. The lowest BCUT2D eigenvalue weighted by atomic mass is 10.1. The molecule has 1 amide bonds. The van der Waals surface area contributed by atoms with Crippen LogP contribution in [0.25, 0.3) is 16.9 Å². The SMILES string of the molecule is CCCCCNC(=O)c1cc(-c2ccc(OC)cc2OC)nn1-c1ccccc1. The van der Waals surface area contributed by atoms with Gasteiger partial charge in [0.1, 0.15) is 17.2 Å². The van der Waals surface area contributed by atoms with E-state index in [1.165, 1.54) is 0 Å². The third kappa shape index (κ3) is 4.77. The molecule has 3 aromatic rings. The van der Waals surface area contributed by atoms with E-state index in [2.05, 4.69) is 12.2 Å². The van der Waals surface area contributed by atoms with E-state index >= 15 is 0 Å². The van der Waals surface area contributed by atoms with Crippen molar-refractivity contribution < 1.29 is 14.3 Å². The summed E-state index contributed by atoms with van der Waals surface area (Å²) in [6, 6.07) is 17.0. The topological polar surface area (TPSA) is 65.4 Å². The molecule has 0 saturated heterocycles. The Morgan fingerprint density at radius 2 is 1.83 bits per heavy atom. The molecule has 1 N–H and O–H groups in total. The van der Waals surface area contributed by atoms with Gasteiger partial charge in [0.25, 0.3) is 5.91 Å². The van der Waals surface area contributed by atoms with E-state index in [9.17, 15) is 4.79 Å². The maximum atomic E-state index is 12.9. The molecular formula is C23H27N3O3. The van der Waals surface area contributed by atoms with Gasteiger partial charge in [-0.05, 0) is 36.8 Å². The van der Waals surface area contributed by atoms with Crippen LogP contribution in [-0.2, 0) is 0 Å². The molecular weight excluding hydrogens is 366 g/mol. The highest BCUT2D eigenvalue weighted by molar-refractivity contribution is 5.94. The van der Waals surface area contributed by atoms with Gasteiger partial charge in [0.05, 0.1) is 25.6 Å². The van der Waals surface area contributed by atoms with Crippen molar-refractivity contribution in [3.8, 4) is 28.4 Å². The Labute approximate surface area is 171 Å². The average Bonchev–Trinajstić information content (AvgIpc) is 3.22. The molecule has 0 atom stereocenters. The number of rotatable bonds is 9. The second-order valence-electron chi connectivity index (χ2n) is 6.69. The van der Waals surface area contributed by atoms with E-state index in [1.54, 1.807) is 31.0 Å². The number of ether oxygens (including phenoxy) is 2. The summed E-state index contributed by atoms with van der Waals surface area (Å²) >= 11 is 0. The van der Waals surface area contributed by atoms with Crippen LogP contribution in [0.15, 0.2) is 54.6 Å². The molecule has 6 nitrogen and oxygen atoms in total. The minimum atomic E-state index is -0.142. The van der Waals surface area contributed by atoms with Crippen LogP contribution in [0.5, 0.6) is 11.5 Å².